The van der Waals surface area contributed by atoms with Gasteiger partial charge in [-0.2, -0.15) is 11.8 Å². The third-order valence-electron chi connectivity index (χ3n) is 2.31. The Balaban J connectivity index is 2.55. The molecular weight excluding hydrogens is 206 g/mol. The van der Waals surface area contributed by atoms with Gasteiger partial charge < -0.3 is 4.90 Å². The summed E-state index contributed by atoms with van der Waals surface area (Å²) in [5.41, 5.74) is 0. The van der Waals surface area contributed by atoms with Crippen LogP contribution in [0.4, 0.5) is 0 Å². The van der Waals surface area contributed by atoms with E-state index in [1.54, 1.807) is 6.92 Å². The fraction of sp³-hybridized carbons (Fsp3) is 0.889. The predicted octanol–water partition coefficient (Wildman–Crippen LogP) is 1.97. The maximum absolute atomic E-state index is 11.6. The van der Waals surface area contributed by atoms with Crippen LogP contribution in [0.3, 0.4) is 0 Å². The van der Waals surface area contributed by atoms with Gasteiger partial charge in [0, 0.05) is 18.3 Å². The zero-order chi connectivity index (χ0) is 9.84. The molecule has 76 valence electrons. The van der Waals surface area contributed by atoms with Crippen LogP contribution in [0.15, 0.2) is 0 Å². The maximum Gasteiger partial charge on any atom is 0.240 e. The molecule has 0 aromatic heterocycles. The first-order valence-corrected chi connectivity index (χ1v) is 6.28. The molecular formula is C9H16ClNOS. The summed E-state index contributed by atoms with van der Waals surface area (Å²) in [7, 11) is 0. The molecule has 1 aliphatic rings. The van der Waals surface area contributed by atoms with Crippen LogP contribution in [0, 0.1) is 0 Å². The van der Waals surface area contributed by atoms with Gasteiger partial charge in [0.2, 0.25) is 5.91 Å². The minimum Gasteiger partial charge on any atom is -0.338 e. The Morgan fingerprint density at radius 1 is 1.77 bits per heavy atom. The quantitative estimate of drug-likeness (QED) is 0.680. The van der Waals surface area contributed by atoms with Crippen molar-refractivity contribution in [3.8, 4) is 0 Å². The van der Waals surface area contributed by atoms with Crippen LogP contribution < -0.4 is 0 Å². The van der Waals surface area contributed by atoms with Crippen molar-refractivity contribution >= 4 is 29.3 Å². The van der Waals surface area contributed by atoms with Gasteiger partial charge in [-0.3, -0.25) is 4.79 Å². The molecule has 0 unspecified atom stereocenters. The number of hydrogen-bond donors (Lipinski definition) is 0. The van der Waals surface area contributed by atoms with E-state index < -0.39 is 0 Å². The minimum atomic E-state index is -0.384. The number of carbonyl (C=O) groups excluding carboxylic acids is 1. The number of rotatable bonds is 3. The Hall–Kier alpha value is 0.110. The van der Waals surface area contributed by atoms with Crippen LogP contribution in [0.25, 0.3) is 0 Å². The lowest BCUT2D eigenvalue weighted by Crippen LogP contribution is -2.43. The van der Waals surface area contributed by atoms with Crippen molar-refractivity contribution in [3.05, 3.63) is 0 Å². The van der Waals surface area contributed by atoms with Crippen molar-refractivity contribution in [2.75, 3.05) is 18.1 Å². The van der Waals surface area contributed by atoms with E-state index in [0.717, 1.165) is 18.7 Å². The smallest absolute Gasteiger partial charge is 0.240 e. The molecule has 1 aliphatic heterocycles. The number of thioether (sulfide) groups is 1. The Morgan fingerprint density at radius 3 is 2.85 bits per heavy atom. The molecule has 0 bridgehead atoms. The highest BCUT2D eigenvalue weighted by atomic mass is 35.5. The van der Waals surface area contributed by atoms with Crippen molar-refractivity contribution in [2.24, 2.45) is 0 Å². The topological polar surface area (TPSA) is 20.3 Å². The molecule has 1 saturated heterocycles. The number of halogens is 1. The molecule has 1 fully saturated rings. The molecule has 0 spiro atoms. The summed E-state index contributed by atoms with van der Waals surface area (Å²) in [6, 6.07) is 0.420. The van der Waals surface area contributed by atoms with E-state index in [0.29, 0.717) is 6.04 Å². The molecule has 13 heavy (non-hydrogen) atoms. The molecule has 1 amide bonds. The number of alkyl halides is 1. The summed E-state index contributed by atoms with van der Waals surface area (Å²) in [4.78, 5) is 13.6. The lowest BCUT2D eigenvalue weighted by atomic mass is 10.2. The van der Waals surface area contributed by atoms with Gasteiger partial charge in [-0.05, 0) is 26.0 Å². The molecule has 0 N–H and O–H groups in total. The Labute approximate surface area is 89.0 Å². The summed E-state index contributed by atoms with van der Waals surface area (Å²) in [6.45, 7) is 4.54. The highest BCUT2D eigenvalue weighted by Gasteiger charge is 2.27. The number of amides is 1. The third kappa shape index (κ3) is 2.78. The lowest BCUT2D eigenvalue weighted by molar-refractivity contribution is -0.132. The summed E-state index contributed by atoms with van der Waals surface area (Å²) >= 11 is 7.70. The van der Waals surface area contributed by atoms with Crippen molar-refractivity contribution in [1.29, 1.82) is 0 Å². The van der Waals surface area contributed by atoms with Crippen molar-refractivity contribution in [3.63, 3.8) is 0 Å². The second-order valence-corrected chi connectivity index (χ2v) is 5.06. The SMILES string of the molecule is CCN(C(=O)[C@H](C)Cl)[C@H]1CCSC1. The van der Waals surface area contributed by atoms with E-state index >= 15 is 0 Å². The normalized spacial score (nSPS) is 24.4. The molecule has 2 nitrogen and oxygen atoms in total. The van der Waals surface area contributed by atoms with E-state index in [-0.39, 0.29) is 11.3 Å². The minimum absolute atomic E-state index is 0.0802. The van der Waals surface area contributed by atoms with Gasteiger partial charge >= 0.3 is 0 Å². The van der Waals surface area contributed by atoms with Crippen molar-refractivity contribution in [2.45, 2.75) is 31.7 Å². The molecule has 1 rings (SSSR count). The van der Waals surface area contributed by atoms with E-state index in [4.69, 9.17) is 11.6 Å². The second-order valence-electron chi connectivity index (χ2n) is 3.26. The van der Waals surface area contributed by atoms with Gasteiger partial charge in [0.1, 0.15) is 5.38 Å². The predicted molar refractivity (Wildman–Crippen MR) is 58.4 cm³/mol. The molecule has 0 aliphatic carbocycles. The van der Waals surface area contributed by atoms with Crippen LogP contribution in [-0.2, 0) is 4.79 Å². The molecule has 0 aromatic carbocycles. The molecule has 1 heterocycles. The Kier molecular flexibility index (Phi) is 4.39. The lowest BCUT2D eigenvalue weighted by Gasteiger charge is -2.28. The van der Waals surface area contributed by atoms with Gasteiger partial charge in [-0.25, -0.2) is 0 Å². The van der Waals surface area contributed by atoms with E-state index in [1.807, 2.05) is 23.6 Å². The van der Waals surface area contributed by atoms with Gasteiger partial charge in [0.05, 0.1) is 0 Å². The molecule has 0 saturated carbocycles. The molecule has 0 radical (unpaired) electrons. The summed E-state index contributed by atoms with van der Waals surface area (Å²) in [5.74, 6) is 2.32. The Bertz CT molecular complexity index is 180. The van der Waals surface area contributed by atoms with Gasteiger partial charge in [0.15, 0.2) is 0 Å². The highest BCUT2D eigenvalue weighted by Crippen LogP contribution is 2.23. The fourth-order valence-corrected chi connectivity index (χ4v) is 2.94. The van der Waals surface area contributed by atoms with Gasteiger partial charge in [-0.1, -0.05) is 0 Å². The zero-order valence-electron chi connectivity index (χ0n) is 8.12. The van der Waals surface area contributed by atoms with Crippen molar-refractivity contribution in [1.82, 2.24) is 4.90 Å². The standard InChI is InChI=1S/C9H16ClNOS/c1-3-11(9(12)7(2)10)8-4-5-13-6-8/h7-8H,3-6H2,1-2H3/t7-,8-/m0/s1. The first-order valence-electron chi connectivity index (χ1n) is 4.69. The summed E-state index contributed by atoms with van der Waals surface area (Å²) < 4.78 is 0. The van der Waals surface area contributed by atoms with E-state index in [2.05, 4.69) is 0 Å². The van der Waals surface area contributed by atoms with Crippen LogP contribution in [0.2, 0.25) is 0 Å². The first kappa shape index (κ1) is 11.2. The zero-order valence-corrected chi connectivity index (χ0v) is 9.70. The van der Waals surface area contributed by atoms with Crippen LogP contribution in [0.1, 0.15) is 20.3 Å². The average Bonchev–Trinajstić information content (AvgIpc) is 2.58. The van der Waals surface area contributed by atoms with Crippen LogP contribution >= 0.6 is 23.4 Å². The van der Waals surface area contributed by atoms with Crippen LogP contribution in [-0.4, -0.2) is 40.3 Å². The molecule has 4 heteroatoms. The summed E-state index contributed by atoms with van der Waals surface area (Å²) in [6.07, 6.45) is 1.12. The molecule has 2 atom stereocenters. The summed E-state index contributed by atoms with van der Waals surface area (Å²) in [5, 5.41) is -0.384. The van der Waals surface area contributed by atoms with E-state index in [9.17, 15) is 4.79 Å². The number of nitrogens with zero attached hydrogens (tertiary/aromatic N) is 1. The highest BCUT2D eigenvalue weighted by molar-refractivity contribution is 7.99. The monoisotopic (exact) mass is 221 g/mol. The average molecular weight is 222 g/mol. The molecule has 0 aromatic rings. The largest absolute Gasteiger partial charge is 0.338 e. The maximum atomic E-state index is 11.6. The van der Waals surface area contributed by atoms with E-state index in [1.165, 1.54) is 5.75 Å². The van der Waals surface area contributed by atoms with Gasteiger partial charge in [0.25, 0.3) is 0 Å². The van der Waals surface area contributed by atoms with Crippen LogP contribution in [0.5, 0.6) is 0 Å². The van der Waals surface area contributed by atoms with Gasteiger partial charge in [-0.15, -0.1) is 11.6 Å². The first-order chi connectivity index (χ1) is 6.16. The Morgan fingerprint density at radius 2 is 2.46 bits per heavy atom. The number of carbonyl (C=O) groups is 1. The second kappa shape index (κ2) is 5.11. The number of hydrogen-bond acceptors (Lipinski definition) is 2. The fourth-order valence-electron chi connectivity index (χ4n) is 1.59. The third-order valence-corrected chi connectivity index (χ3v) is 3.64. The van der Waals surface area contributed by atoms with Crippen molar-refractivity contribution < 1.29 is 4.79 Å².